The lowest BCUT2D eigenvalue weighted by atomic mass is 9.93. The van der Waals surface area contributed by atoms with Crippen LogP contribution < -0.4 is 0 Å². The maximum absolute atomic E-state index is 5.94. The van der Waals surface area contributed by atoms with E-state index in [1.807, 2.05) is 18.7 Å². The van der Waals surface area contributed by atoms with Crippen molar-refractivity contribution >= 4 is 11.6 Å². The minimum absolute atomic E-state index is 0.548. The highest BCUT2D eigenvalue weighted by atomic mass is 35.5. The molecule has 0 saturated heterocycles. The lowest BCUT2D eigenvalue weighted by molar-refractivity contribution is 0.412. The quantitative estimate of drug-likeness (QED) is 0.705. The van der Waals surface area contributed by atoms with Gasteiger partial charge in [0.25, 0.3) is 0 Å². The van der Waals surface area contributed by atoms with Crippen LogP contribution >= 0.6 is 11.6 Å². The molecule has 2 nitrogen and oxygen atoms in total. The summed E-state index contributed by atoms with van der Waals surface area (Å²) in [5.74, 6) is 1.90. The Kier molecular flexibility index (Phi) is 3.99. The van der Waals surface area contributed by atoms with E-state index in [4.69, 9.17) is 11.6 Å². The van der Waals surface area contributed by atoms with Gasteiger partial charge in [-0.1, -0.05) is 13.8 Å². The summed E-state index contributed by atoms with van der Waals surface area (Å²) in [5.41, 5.74) is 2.36. The average Bonchev–Trinajstić information content (AvgIpc) is 2.40. The second-order valence-electron chi connectivity index (χ2n) is 4.26. The van der Waals surface area contributed by atoms with Crippen LogP contribution in [0.25, 0.3) is 0 Å². The van der Waals surface area contributed by atoms with Crippen molar-refractivity contribution in [3.63, 3.8) is 0 Å². The third-order valence-corrected chi connectivity index (χ3v) is 3.11. The van der Waals surface area contributed by atoms with Crippen LogP contribution in [0.15, 0.2) is 6.07 Å². The van der Waals surface area contributed by atoms with Gasteiger partial charge in [-0.15, -0.1) is 11.6 Å². The van der Waals surface area contributed by atoms with Crippen molar-refractivity contribution in [1.82, 2.24) is 9.78 Å². The van der Waals surface area contributed by atoms with E-state index in [0.717, 1.165) is 18.0 Å². The minimum atomic E-state index is 0.548. The number of halogens is 1. The average molecular weight is 215 g/mol. The number of rotatable bonds is 4. The molecule has 1 rings (SSSR count). The van der Waals surface area contributed by atoms with Crippen molar-refractivity contribution in [2.24, 2.45) is 18.9 Å². The smallest absolute Gasteiger partial charge is 0.0596 e. The van der Waals surface area contributed by atoms with Crippen LogP contribution in [0.1, 0.15) is 25.2 Å². The van der Waals surface area contributed by atoms with Gasteiger partial charge < -0.3 is 0 Å². The summed E-state index contributed by atoms with van der Waals surface area (Å²) >= 11 is 5.94. The molecule has 1 aromatic heterocycles. The summed E-state index contributed by atoms with van der Waals surface area (Å²) < 4.78 is 1.96. The molecule has 0 N–H and O–H groups in total. The SMILES string of the molecule is Cc1cc(CC(CCl)C(C)C)n(C)n1. The van der Waals surface area contributed by atoms with E-state index in [2.05, 4.69) is 25.0 Å². The summed E-state index contributed by atoms with van der Waals surface area (Å²) in [6, 6.07) is 2.14. The van der Waals surface area contributed by atoms with E-state index in [1.54, 1.807) is 0 Å². The number of alkyl halides is 1. The van der Waals surface area contributed by atoms with Crippen molar-refractivity contribution in [2.75, 3.05) is 5.88 Å². The molecule has 0 radical (unpaired) electrons. The molecule has 14 heavy (non-hydrogen) atoms. The largest absolute Gasteiger partial charge is 0.272 e. The maximum atomic E-state index is 5.94. The zero-order valence-corrected chi connectivity index (χ0v) is 10.2. The van der Waals surface area contributed by atoms with Gasteiger partial charge in [-0.2, -0.15) is 5.10 Å². The highest BCUT2D eigenvalue weighted by molar-refractivity contribution is 6.18. The summed E-state index contributed by atoms with van der Waals surface area (Å²) in [6.07, 6.45) is 1.03. The Hall–Kier alpha value is -0.500. The molecular formula is C11H19ClN2. The predicted octanol–water partition coefficient (Wildman–Crippen LogP) is 2.78. The van der Waals surface area contributed by atoms with Gasteiger partial charge in [-0.3, -0.25) is 4.68 Å². The van der Waals surface area contributed by atoms with Gasteiger partial charge in [0, 0.05) is 18.6 Å². The fraction of sp³-hybridized carbons (Fsp3) is 0.727. The zero-order chi connectivity index (χ0) is 10.7. The Bertz CT molecular complexity index is 291. The number of hydrogen-bond donors (Lipinski definition) is 0. The minimum Gasteiger partial charge on any atom is -0.272 e. The summed E-state index contributed by atoms with van der Waals surface area (Å²) in [6.45, 7) is 6.46. The van der Waals surface area contributed by atoms with E-state index in [-0.39, 0.29) is 0 Å². The van der Waals surface area contributed by atoms with Crippen LogP contribution in [0.4, 0.5) is 0 Å². The number of nitrogens with zero attached hydrogens (tertiary/aromatic N) is 2. The standard InChI is InChI=1S/C11H19ClN2/c1-8(2)10(7-12)6-11-5-9(3)13-14(11)4/h5,8,10H,6-7H2,1-4H3. The molecule has 0 aromatic carbocycles. The first-order valence-electron chi connectivity index (χ1n) is 5.10. The predicted molar refractivity (Wildman–Crippen MR) is 60.7 cm³/mol. The first-order chi connectivity index (χ1) is 6.54. The molecule has 1 aromatic rings. The molecule has 0 bridgehead atoms. The van der Waals surface area contributed by atoms with Crippen LogP contribution in [0.3, 0.4) is 0 Å². The van der Waals surface area contributed by atoms with Crippen molar-refractivity contribution in [1.29, 1.82) is 0 Å². The van der Waals surface area contributed by atoms with Crippen LogP contribution in [0.5, 0.6) is 0 Å². The van der Waals surface area contributed by atoms with E-state index < -0.39 is 0 Å². The molecule has 80 valence electrons. The van der Waals surface area contributed by atoms with E-state index in [1.165, 1.54) is 5.69 Å². The second-order valence-corrected chi connectivity index (χ2v) is 4.57. The Balaban J connectivity index is 2.71. The number of hydrogen-bond acceptors (Lipinski definition) is 1. The zero-order valence-electron chi connectivity index (χ0n) is 9.42. The van der Waals surface area contributed by atoms with Gasteiger partial charge in [0.1, 0.15) is 0 Å². The van der Waals surface area contributed by atoms with Crippen LogP contribution in [-0.4, -0.2) is 15.7 Å². The van der Waals surface area contributed by atoms with Gasteiger partial charge >= 0.3 is 0 Å². The van der Waals surface area contributed by atoms with Crippen molar-refractivity contribution < 1.29 is 0 Å². The maximum Gasteiger partial charge on any atom is 0.0596 e. The lowest BCUT2D eigenvalue weighted by Crippen LogP contribution is -2.15. The van der Waals surface area contributed by atoms with Crippen LogP contribution in [0.2, 0.25) is 0 Å². The monoisotopic (exact) mass is 214 g/mol. The van der Waals surface area contributed by atoms with Crippen molar-refractivity contribution in [3.05, 3.63) is 17.5 Å². The molecule has 0 aliphatic rings. The molecule has 1 atom stereocenters. The van der Waals surface area contributed by atoms with Crippen LogP contribution in [0, 0.1) is 18.8 Å². The third kappa shape index (κ3) is 2.74. The first kappa shape index (κ1) is 11.6. The number of aromatic nitrogens is 2. The molecule has 3 heteroatoms. The Morgan fingerprint density at radius 1 is 1.50 bits per heavy atom. The van der Waals surface area contributed by atoms with Crippen molar-refractivity contribution in [2.45, 2.75) is 27.2 Å². The molecule has 0 aliphatic carbocycles. The van der Waals surface area contributed by atoms with Crippen molar-refractivity contribution in [3.8, 4) is 0 Å². The topological polar surface area (TPSA) is 17.8 Å². The molecule has 0 amide bonds. The number of aryl methyl sites for hydroxylation is 2. The van der Waals surface area contributed by atoms with Gasteiger partial charge in [0.15, 0.2) is 0 Å². The van der Waals surface area contributed by atoms with E-state index >= 15 is 0 Å². The highest BCUT2D eigenvalue weighted by Gasteiger charge is 2.15. The van der Waals surface area contributed by atoms with Gasteiger partial charge in [0.2, 0.25) is 0 Å². The Labute approximate surface area is 91.3 Å². The fourth-order valence-electron chi connectivity index (χ4n) is 1.59. The van der Waals surface area contributed by atoms with E-state index in [0.29, 0.717) is 11.8 Å². The summed E-state index contributed by atoms with van der Waals surface area (Å²) in [5, 5.41) is 4.33. The molecule has 1 heterocycles. The molecule has 0 fully saturated rings. The molecular weight excluding hydrogens is 196 g/mol. The Morgan fingerprint density at radius 2 is 2.14 bits per heavy atom. The van der Waals surface area contributed by atoms with Gasteiger partial charge in [-0.05, 0) is 31.2 Å². The molecule has 0 spiro atoms. The lowest BCUT2D eigenvalue weighted by Gasteiger charge is -2.17. The van der Waals surface area contributed by atoms with E-state index in [9.17, 15) is 0 Å². The molecule has 1 unspecified atom stereocenters. The second kappa shape index (κ2) is 4.83. The van der Waals surface area contributed by atoms with Gasteiger partial charge in [0.05, 0.1) is 5.69 Å². The van der Waals surface area contributed by atoms with Gasteiger partial charge in [-0.25, -0.2) is 0 Å². The van der Waals surface area contributed by atoms with Crippen LogP contribution in [-0.2, 0) is 13.5 Å². The molecule has 0 saturated carbocycles. The fourth-order valence-corrected chi connectivity index (χ4v) is 2.06. The summed E-state index contributed by atoms with van der Waals surface area (Å²) in [7, 11) is 1.99. The normalized spacial score (nSPS) is 13.6. The summed E-state index contributed by atoms with van der Waals surface area (Å²) in [4.78, 5) is 0. The molecule has 0 aliphatic heterocycles. The Morgan fingerprint density at radius 3 is 2.50 bits per heavy atom. The first-order valence-corrected chi connectivity index (χ1v) is 5.63. The third-order valence-electron chi connectivity index (χ3n) is 2.71. The highest BCUT2D eigenvalue weighted by Crippen LogP contribution is 2.18.